The highest BCUT2D eigenvalue weighted by Crippen LogP contribution is 2.31. The minimum atomic E-state index is -0.338. The molecule has 10 heteroatoms. The molecule has 0 spiro atoms. The van der Waals surface area contributed by atoms with Gasteiger partial charge < -0.3 is 9.64 Å². The number of nitro benzene ring substituents is 1. The number of anilines is 1. The highest BCUT2D eigenvalue weighted by Gasteiger charge is 2.21. The monoisotopic (exact) mass is 452 g/mol. The Morgan fingerprint density at radius 3 is 2.81 bits per heavy atom. The molecule has 1 aromatic heterocycles. The molecule has 4 rings (SSSR count). The van der Waals surface area contributed by atoms with Crippen molar-refractivity contribution in [3.63, 3.8) is 0 Å². The number of hydrogen-bond donors (Lipinski definition) is 1. The smallest absolute Gasteiger partial charge is 0.293 e. The molecule has 9 nitrogen and oxygen atoms in total. The molecule has 1 N–H and O–H groups in total. The molecule has 0 unspecified atom stereocenters. The Bertz CT molecular complexity index is 1200. The summed E-state index contributed by atoms with van der Waals surface area (Å²) in [6.07, 6.45) is 4.81. The fourth-order valence-electron chi connectivity index (χ4n) is 3.77. The standard InChI is InChI=1S/C22H24N6O3S/c1-2-31-18-8-6-7-17(14-18)21-24-25-22(32)27(21)23-15-16-9-10-19(20(13-16)28(29)30)26-11-4-3-5-12-26/h6-10,13-15H,2-5,11-12H2,1H3,(H,25,32)/b23-15+. The van der Waals surface area contributed by atoms with Crippen LogP contribution in [0.4, 0.5) is 11.4 Å². The van der Waals surface area contributed by atoms with Gasteiger partial charge in [0.2, 0.25) is 4.77 Å². The molecular weight excluding hydrogens is 428 g/mol. The average Bonchev–Trinajstić information content (AvgIpc) is 3.18. The Labute approximate surface area is 190 Å². The summed E-state index contributed by atoms with van der Waals surface area (Å²) in [6, 6.07) is 12.7. The van der Waals surface area contributed by atoms with E-state index in [1.807, 2.05) is 37.3 Å². The van der Waals surface area contributed by atoms with Crippen LogP contribution in [0, 0.1) is 14.9 Å². The first-order valence-corrected chi connectivity index (χ1v) is 11.0. The van der Waals surface area contributed by atoms with Crippen molar-refractivity contribution in [2.24, 2.45) is 5.10 Å². The van der Waals surface area contributed by atoms with E-state index in [4.69, 9.17) is 17.0 Å². The molecule has 1 aliphatic heterocycles. The van der Waals surface area contributed by atoms with Crippen LogP contribution in [-0.4, -0.2) is 45.7 Å². The Kier molecular flexibility index (Phi) is 6.60. The number of H-pyrrole nitrogens is 1. The van der Waals surface area contributed by atoms with Crippen molar-refractivity contribution in [1.29, 1.82) is 0 Å². The normalized spacial score (nSPS) is 14.1. The molecule has 0 aliphatic carbocycles. The molecule has 0 radical (unpaired) electrons. The predicted molar refractivity (Wildman–Crippen MR) is 126 cm³/mol. The summed E-state index contributed by atoms with van der Waals surface area (Å²) in [5.74, 6) is 1.24. The quantitative estimate of drug-likeness (QED) is 0.239. The van der Waals surface area contributed by atoms with Crippen molar-refractivity contribution in [1.82, 2.24) is 14.9 Å². The average molecular weight is 453 g/mol. The fraction of sp³-hybridized carbons (Fsp3) is 0.318. The van der Waals surface area contributed by atoms with Crippen LogP contribution in [0.1, 0.15) is 31.7 Å². The van der Waals surface area contributed by atoms with Crippen molar-refractivity contribution in [3.05, 3.63) is 62.9 Å². The van der Waals surface area contributed by atoms with E-state index in [2.05, 4.69) is 20.2 Å². The van der Waals surface area contributed by atoms with Gasteiger partial charge in [0.15, 0.2) is 5.82 Å². The molecule has 0 atom stereocenters. The number of aromatic nitrogens is 3. The van der Waals surface area contributed by atoms with Gasteiger partial charge in [0.1, 0.15) is 11.4 Å². The van der Waals surface area contributed by atoms with Gasteiger partial charge in [0, 0.05) is 30.3 Å². The Hall–Kier alpha value is -3.53. The number of rotatable bonds is 7. The summed E-state index contributed by atoms with van der Waals surface area (Å²) < 4.78 is 7.37. The van der Waals surface area contributed by atoms with Gasteiger partial charge >= 0.3 is 0 Å². The van der Waals surface area contributed by atoms with Crippen LogP contribution in [0.5, 0.6) is 5.75 Å². The summed E-state index contributed by atoms with van der Waals surface area (Å²) in [7, 11) is 0. The number of aromatic amines is 1. The predicted octanol–water partition coefficient (Wildman–Crippen LogP) is 4.79. The highest BCUT2D eigenvalue weighted by molar-refractivity contribution is 7.71. The third-order valence-electron chi connectivity index (χ3n) is 5.27. The lowest BCUT2D eigenvalue weighted by Gasteiger charge is -2.28. The number of ether oxygens (including phenoxy) is 1. The zero-order valence-corrected chi connectivity index (χ0v) is 18.5. The SMILES string of the molecule is CCOc1cccc(-c2n[nH]c(=S)n2/N=C/c2ccc(N3CCCCC3)c([N+](=O)[O-])c2)c1. The highest BCUT2D eigenvalue weighted by atomic mass is 32.1. The molecule has 0 bridgehead atoms. The van der Waals surface area contributed by atoms with Crippen LogP contribution in [-0.2, 0) is 0 Å². The second kappa shape index (κ2) is 9.73. The lowest BCUT2D eigenvalue weighted by molar-refractivity contribution is -0.384. The largest absolute Gasteiger partial charge is 0.494 e. The second-order valence-corrected chi connectivity index (χ2v) is 7.81. The Balaban J connectivity index is 1.65. The lowest BCUT2D eigenvalue weighted by atomic mass is 10.1. The minimum absolute atomic E-state index is 0.0799. The van der Waals surface area contributed by atoms with Crippen molar-refractivity contribution in [2.45, 2.75) is 26.2 Å². The fourth-order valence-corrected chi connectivity index (χ4v) is 3.95. The molecule has 0 amide bonds. The van der Waals surface area contributed by atoms with Gasteiger partial charge in [-0.25, -0.2) is 5.10 Å². The van der Waals surface area contributed by atoms with Crippen LogP contribution < -0.4 is 9.64 Å². The molecule has 32 heavy (non-hydrogen) atoms. The zero-order chi connectivity index (χ0) is 22.5. The summed E-state index contributed by atoms with van der Waals surface area (Å²) in [4.78, 5) is 13.5. The third kappa shape index (κ3) is 4.70. The van der Waals surface area contributed by atoms with E-state index in [1.54, 1.807) is 18.3 Å². The summed E-state index contributed by atoms with van der Waals surface area (Å²) in [5.41, 5.74) is 2.12. The molecule has 0 saturated carbocycles. The molecule has 3 aromatic rings. The van der Waals surface area contributed by atoms with Crippen LogP contribution in [0.3, 0.4) is 0 Å². The summed E-state index contributed by atoms with van der Waals surface area (Å²) in [5, 5.41) is 23.2. The van der Waals surface area contributed by atoms with E-state index in [-0.39, 0.29) is 10.6 Å². The van der Waals surface area contributed by atoms with E-state index < -0.39 is 0 Å². The summed E-state index contributed by atoms with van der Waals surface area (Å²) in [6.45, 7) is 4.15. The van der Waals surface area contributed by atoms with Gasteiger partial charge in [0.25, 0.3) is 5.69 Å². The second-order valence-electron chi connectivity index (χ2n) is 7.42. The molecule has 1 saturated heterocycles. The molecule has 166 valence electrons. The molecule has 2 aromatic carbocycles. The van der Waals surface area contributed by atoms with Crippen LogP contribution in [0.15, 0.2) is 47.6 Å². The first kappa shape index (κ1) is 21.7. The van der Waals surface area contributed by atoms with Crippen molar-refractivity contribution in [3.8, 4) is 17.1 Å². The third-order valence-corrected chi connectivity index (χ3v) is 5.53. The topological polar surface area (TPSA) is 102 Å². The van der Waals surface area contributed by atoms with E-state index in [1.165, 1.54) is 4.68 Å². The van der Waals surface area contributed by atoms with Crippen molar-refractivity contribution in [2.75, 3.05) is 24.6 Å². The minimum Gasteiger partial charge on any atom is -0.494 e. The lowest BCUT2D eigenvalue weighted by Crippen LogP contribution is -2.29. The molecule has 1 aliphatic rings. The number of nitrogens with one attached hydrogen (secondary N) is 1. The van der Waals surface area contributed by atoms with Gasteiger partial charge in [-0.05, 0) is 56.6 Å². The summed E-state index contributed by atoms with van der Waals surface area (Å²) >= 11 is 5.33. The number of benzene rings is 2. The Morgan fingerprint density at radius 2 is 2.06 bits per heavy atom. The Morgan fingerprint density at radius 1 is 1.25 bits per heavy atom. The first-order chi connectivity index (χ1) is 15.6. The van der Waals surface area contributed by atoms with Gasteiger partial charge in [-0.3, -0.25) is 10.1 Å². The van der Waals surface area contributed by atoms with Gasteiger partial charge in [-0.15, -0.1) is 0 Å². The van der Waals surface area contributed by atoms with Crippen LogP contribution >= 0.6 is 12.2 Å². The van der Waals surface area contributed by atoms with Crippen molar-refractivity contribution >= 4 is 29.8 Å². The van der Waals surface area contributed by atoms with Crippen LogP contribution in [0.2, 0.25) is 0 Å². The maximum atomic E-state index is 11.7. The van der Waals surface area contributed by atoms with Gasteiger partial charge in [-0.1, -0.05) is 18.2 Å². The van der Waals surface area contributed by atoms with E-state index in [0.717, 1.165) is 43.7 Å². The molecular formula is C22H24N6O3S. The van der Waals surface area contributed by atoms with E-state index >= 15 is 0 Å². The van der Waals surface area contributed by atoms with Gasteiger partial charge in [-0.2, -0.15) is 14.9 Å². The first-order valence-electron chi connectivity index (χ1n) is 10.5. The zero-order valence-electron chi connectivity index (χ0n) is 17.7. The number of hydrogen-bond acceptors (Lipinski definition) is 7. The molecule has 2 heterocycles. The van der Waals surface area contributed by atoms with E-state index in [0.29, 0.717) is 28.5 Å². The number of nitro groups is 1. The van der Waals surface area contributed by atoms with Gasteiger partial charge in [0.05, 0.1) is 17.7 Å². The maximum Gasteiger partial charge on any atom is 0.293 e. The molecule has 1 fully saturated rings. The van der Waals surface area contributed by atoms with Crippen LogP contribution in [0.25, 0.3) is 11.4 Å². The van der Waals surface area contributed by atoms with E-state index in [9.17, 15) is 10.1 Å². The maximum absolute atomic E-state index is 11.7. The number of piperidine rings is 1. The van der Waals surface area contributed by atoms with Crippen molar-refractivity contribution < 1.29 is 9.66 Å². The number of nitrogens with zero attached hydrogens (tertiary/aromatic N) is 5.